The minimum Gasteiger partial charge on any atom is -0.324 e. The Morgan fingerprint density at radius 3 is 1.28 bits per heavy atom. The molecule has 10 heteroatoms. The molecule has 192 valence electrons. The number of hydrogen-bond acceptors (Lipinski definition) is 8. The van der Waals surface area contributed by atoms with Gasteiger partial charge in [-0.25, -0.2) is 0 Å². The van der Waals surface area contributed by atoms with Gasteiger partial charge in [-0.1, -0.05) is 36.4 Å². The van der Waals surface area contributed by atoms with Crippen molar-refractivity contribution < 1.29 is 9.59 Å². The predicted molar refractivity (Wildman–Crippen MR) is 154 cm³/mol. The standard InChI is InChI=1S/C29H20Cl2N6O2/c30-25(38)19-11-15-21(16-12-19)32-27-34-28(33-22-17-13-20(14-18-22)26(31)39)36-29(35-27)37(23-7-3-1-4-8-23)24-9-5-2-6-10-24/h1-18H,(H2,32,33,34,35,36). The molecule has 2 N–H and O–H groups in total. The Kier molecular flexibility index (Phi) is 7.77. The zero-order chi connectivity index (χ0) is 27.2. The molecule has 4 aromatic carbocycles. The van der Waals surface area contributed by atoms with Crippen molar-refractivity contribution in [3.05, 3.63) is 120 Å². The number of halogens is 2. The van der Waals surface area contributed by atoms with E-state index in [-0.39, 0.29) is 11.9 Å². The lowest BCUT2D eigenvalue weighted by Gasteiger charge is -2.24. The number of anilines is 7. The monoisotopic (exact) mass is 554 g/mol. The molecule has 0 aliphatic rings. The molecule has 1 heterocycles. The summed E-state index contributed by atoms with van der Waals surface area (Å²) in [6.45, 7) is 0. The van der Waals surface area contributed by atoms with Gasteiger partial charge < -0.3 is 10.6 Å². The van der Waals surface area contributed by atoms with E-state index in [4.69, 9.17) is 33.2 Å². The van der Waals surface area contributed by atoms with Crippen molar-refractivity contribution in [2.24, 2.45) is 0 Å². The van der Waals surface area contributed by atoms with Crippen molar-refractivity contribution in [2.45, 2.75) is 0 Å². The number of carbonyl (C=O) groups is 2. The van der Waals surface area contributed by atoms with Gasteiger partial charge in [-0.3, -0.25) is 14.5 Å². The first-order chi connectivity index (χ1) is 19.0. The van der Waals surface area contributed by atoms with E-state index < -0.39 is 10.5 Å². The first kappa shape index (κ1) is 25.8. The van der Waals surface area contributed by atoms with Gasteiger partial charge in [-0.2, -0.15) is 15.0 Å². The summed E-state index contributed by atoms with van der Waals surface area (Å²) in [6.07, 6.45) is 0. The second kappa shape index (κ2) is 11.7. The molecule has 0 radical (unpaired) electrons. The van der Waals surface area contributed by atoms with Gasteiger partial charge in [0.25, 0.3) is 10.5 Å². The van der Waals surface area contributed by atoms with Crippen LogP contribution in [0.3, 0.4) is 0 Å². The van der Waals surface area contributed by atoms with Crippen LogP contribution in [-0.4, -0.2) is 25.4 Å². The number of para-hydroxylation sites is 2. The second-order valence-corrected chi connectivity index (χ2v) is 8.93. The van der Waals surface area contributed by atoms with Crippen molar-refractivity contribution in [3.63, 3.8) is 0 Å². The molecule has 0 unspecified atom stereocenters. The van der Waals surface area contributed by atoms with E-state index in [9.17, 15) is 9.59 Å². The van der Waals surface area contributed by atoms with Crippen LogP contribution in [0.15, 0.2) is 109 Å². The SMILES string of the molecule is O=C(Cl)c1ccc(Nc2nc(Nc3ccc(C(=O)Cl)cc3)nc(N(c3ccccc3)c3ccccc3)n2)cc1. The fourth-order valence-electron chi connectivity index (χ4n) is 3.74. The third-order valence-electron chi connectivity index (χ3n) is 5.59. The van der Waals surface area contributed by atoms with E-state index in [1.807, 2.05) is 65.6 Å². The van der Waals surface area contributed by atoms with Crippen LogP contribution in [0.2, 0.25) is 0 Å². The van der Waals surface area contributed by atoms with E-state index in [0.717, 1.165) is 11.4 Å². The number of benzene rings is 4. The van der Waals surface area contributed by atoms with Crippen LogP contribution in [0, 0.1) is 0 Å². The molecule has 0 bridgehead atoms. The van der Waals surface area contributed by atoms with E-state index in [1.54, 1.807) is 48.5 Å². The summed E-state index contributed by atoms with van der Waals surface area (Å²) in [5.41, 5.74) is 3.74. The van der Waals surface area contributed by atoms with Crippen LogP contribution in [0.4, 0.5) is 40.6 Å². The van der Waals surface area contributed by atoms with E-state index in [1.165, 1.54) is 0 Å². The van der Waals surface area contributed by atoms with Gasteiger partial charge in [-0.05, 0) is 96.0 Å². The van der Waals surface area contributed by atoms with Crippen LogP contribution < -0.4 is 15.5 Å². The Labute approximate surface area is 234 Å². The average Bonchev–Trinajstić information content (AvgIpc) is 2.95. The Bertz CT molecular complexity index is 1480. The molecule has 0 saturated heterocycles. The van der Waals surface area contributed by atoms with Gasteiger partial charge in [0, 0.05) is 33.9 Å². The number of hydrogen-bond donors (Lipinski definition) is 2. The summed E-state index contributed by atoms with van der Waals surface area (Å²) in [5, 5.41) is 5.26. The highest BCUT2D eigenvalue weighted by atomic mass is 35.5. The Morgan fingerprint density at radius 2 is 0.923 bits per heavy atom. The van der Waals surface area contributed by atoms with Crippen molar-refractivity contribution in [1.29, 1.82) is 0 Å². The molecular weight excluding hydrogens is 535 g/mol. The van der Waals surface area contributed by atoms with Crippen molar-refractivity contribution in [3.8, 4) is 0 Å². The van der Waals surface area contributed by atoms with Gasteiger partial charge in [-0.15, -0.1) is 0 Å². The lowest BCUT2D eigenvalue weighted by atomic mass is 10.2. The fourth-order valence-corrected chi connectivity index (χ4v) is 3.99. The second-order valence-electron chi connectivity index (χ2n) is 8.24. The molecule has 39 heavy (non-hydrogen) atoms. The zero-order valence-electron chi connectivity index (χ0n) is 20.3. The third kappa shape index (κ3) is 6.38. The average molecular weight is 555 g/mol. The fraction of sp³-hybridized carbons (Fsp3) is 0. The summed E-state index contributed by atoms with van der Waals surface area (Å²) in [7, 11) is 0. The van der Waals surface area contributed by atoms with E-state index in [2.05, 4.69) is 15.6 Å². The molecule has 0 aliphatic heterocycles. The maximum Gasteiger partial charge on any atom is 0.252 e. The number of nitrogens with one attached hydrogen (secondary N) is 2. The van der Waals surface area contributed by atoms with Gasteiger partial charge in [0.1, 0.15) is 0 Å². The normalized spacial score (nSPS) is 10.5. The van der Waals surface area contributed by atoms with Crippen molar-refractivity contribution >= 4 is 74.3 Å². The number of carbonyl (C=O) groups excluding carboxylic acids is 2. The largest absolute Gasteiger partial charge is 0.324 e. The van der Waals surface area contributed by atoms with E-state index in [0.29, 0.717) is 28.5 Å². The number of rotatable bonds is 9. The predicted octanol–water partition coefficient (Wildman–Crippen LogP) is 7.59. The van der Waals surface area contributed by atoms with Crippen LogP contribution in [-0.2, 0) is 0 Å². The summed E-state index contributed by atoms with van der Waals surface area (Å²) in [6, 6.07) is 32.7. The Hall–Kier alpha value is -4.79. The lowest BCUT2D eigenvalue weighted by molar-refractivity contribution is 0.107. The van der Waals surface area contributed by atoms with Crippen LogP contribution in [0.25, 0.3) is 0 Å². The Balaban J connectivity index is 1.57. The molecule has 5 rings (SSSR count). The maximum absolute atomic E-state index is 11.5. The molecule has 0 aliphatic carbocycles. The molecule has 0 atom stereocenters. The van der Waals surface area contributed by atoms with Crippen molar-refractivity contribution in [2.75, 3.05) is 15.5 Å². The van der Waals surface area contributed by atoms with Crippen LogP contribution >= 0.6 is 23.2 Å². The minimum absolute atomic E-state index is 0.261. The lowest BCUT2D eigenvalue weighted by Crippen LogP contribution is -2.16. The smallest absolute Gasteiger partial charge is 0.252 e. The first-order valence-electron chi connectivity index (χ1n) is 11.8. The highest BCUT2D eigenvalue weighted by Gasteiger charge is 2.18. The molecule has 5 aromatic rings. The molecule has 0 amide bonds. The third-order valence-corrected chi connectivity index (χ3v) is 6.02. The molecule has 1 aromatic heterocycles. The van der Waals surface area contributed by atoms with Crippen LogP contribution in [0.5, 0.6) is 0 Å². The van der Waals surface area contributed by atoms with Crippen LogP contribution in [0.1, 0.15) is 20.7 Å². The number of nitrogens with zero attached hydrogens (tertiary/aromatic N) is 4. The topological polar surface area (TPSA) is 100 Å². The van der Waals surface area contributed by atoms with Gasteiger partial charge in [0.15, 0.2) is 0 Å². The summed E-state index contributed by atoms with van der Waals surface area (Å²) in [4.78, 5) is 38.8. The summed E-state index contributed by atoms with van der Waals surface area (Å²) < 4.78 is 0. The molecule has 0 saturated carbocycles. The van der Waals surface area contributed by atoms with E-state index >= 15 is 0 Å². The highest BCUT2D eigenvalue weighted by molar-refractivity contribution is 6.68. The maximum atomic E-state index is 11.5. The van der Waals surface area contributed by atoms with Gasteiger partial charge >= 0.3 is 0 Å². The molecular formula is C29H20Cl2N6O2. The Morgan fingerprint density at radius 1 is 0.538 bits per heavy atom. The van der Waals surface area contributed by atoms with Crippen molar-refractivity contribution in [1.82, 2.24) is 15.0 Å². The summed E-state index contributed by atoms with van der Waals surface area (Å²) in [5.74, 6) is 0.876. The molecule has 0 fully saturated rings. The first-order valence-corrected chi connectivity index (χ1v) is 12.5. The van der Waals surface area contributed by atoms with Gasteiger partial charge in [0.05, 0.1) is 0 Å². The highest BCUT2D eigenvalue weighted by Crippen LogP contribution is 2.33. The summed E-state index contributed by atoms with van der Waals surface area (Å²) >= 11 is 11.2. The minimum atomic E-state index is -0.543. The van der Waals surface area contributed by atoms with Gasteiger partial charge in [0.2, 0.25) is 17.8 Å². The quantitative estimate of drug-likeness (QED) is 0.180. The molecule has 8 nitrogen and oxygen atoms in total. The number of aromatic nitrogens is 3. The zero-order valence-corrected chi connectivity index (χ0v) is 21.8. The molecule has 0 spiro atoms.